The van der Waals surface area contributed by atoms with Gasteiger partial charge in [0.25, 0.3) is 0 Å². The lowest BCUT2D eigenvalue weighted by Gasteiger charge is -2.13. The van der Waals surface area contributed by atoms with Crippen molar-refractivity contribution in [2.45, 2.75) is 55.3 Å². The number of aryl methyl sites for hydroxylation is 1. The Labute approximate surface area is 175 Å². The molecule has 0 spiro atoms. The number of nitrogens with zero attached hydrogens (tertiary/aromatic N) is 2. The van der Waals surface area contributed by atoms with E-state index in [2.05, 4.69) is 14.7 Å². The second-order valence-corrected chi connectivity index (χ2v) is 12.4. The molecule has 0 radical (unpaired) electrons. The first-order valence-electron chi connectivity index (χ1n) is 9.46. The van der Waals surface area contributed by atoms with Crippen molar-refractivity contribution in [1.29, 1.82) is 0 Å². The van der Waals surface area contributed by atoms with E-state index in [0.717, 1.165) is 11.1 Å². The Morgan fingerprint density at radius 2 is 1.69 bits per heavy atom. The van der Waals surface area contributed by atoms with Crippen LogP contribution >= 0.6 is 11.6 Å². The van der Waals surface area contributed by atoms with Crippen LogP contribution in [0.4, 0.5) is 5.69 Å². The van der Waals surface area contributed by atoms with Crippen LogP contribution in [0.5, 0.6) is 0 Å². The van der Waals surface area contributed by atoms with Crippen molar-refractivity contribution in [2.24, 2.45) is 0 Å². The average molecular weight is 456 g/mol. The third-order valence-corrected chi connectivity index (χ3v) is 9.37. The van der Waals surface area contributed by atoms with Crippen LogP contribution in [-0.2, 0) is 32.0 Å². The van der Waals surface area contributed by atoms with E-state index in [0.29, 0.717) is 49.0 Å². The van der Waals surface area contributed by atoms with Gasteiger partial charge in [0.1, 0.15) is 0 Å². The maximum atomic E-state index is 12.5. The summed E-state index contributed by atoms with van der Waals surface area (Å²) in [7, 11) is -6.69. The van der Waals surface area contributed by atoms with Gasteiger partial charge in [0.2, 0.25) is 15.3 Å². The van der Waals surface area contributed by atoms with E-state index in [1.807, 2.05) is 6.92 Å². The Hall–Kier alpha value is -1.71. The van der Waals surface area contributed by atoms with Crippen molar-refractivity contribution in [3.05, 3.63) is 52.1 Å². The molecule has 10 heteroatoms. The number of sulfone groups is 1. The summed E-state index contributed by atoms with van der Waals surface area (Å²) in [6.45, 7) is 1.86. The van der Waals surface area contributed by atoms with Gasteiger partial charge in [0, 0.05) is 18.3 Å². The van der Waals surface area contributed by atoms with Crippen molar-refractivity contribution in [2.75, 3.05) is 4.72 Å². The Balaban J connectivity index is 1.67. The van der Waals surface area contributed by atoms with Crippen LogP contribution < -0.4 is 4.72 Å². The van der Waals surface area contributed by atoms with Crippen LogP contribution in [0.2, 0.25) is 5.28 Å². The lowest BCUT2D eigenvalue weighted by atomic mass is 10.0. The molecule has 0 amide bonds. The van der Waals surface area contributed by atoms with E-state index in [1.165, 1.54) is 0 Å². The first-order chi connectivity index (χ1) is 13.6. The van der Waals surface area contributed by atoms with Gasteiger partial charge in [-0.1, -0.05) is 6.07 Å². The summed E-state index contributed by atoms with van der Waals surface area (Å²) in [6.07, 6.45) is 4.71. The molecule has 0 bridgehead atoms. The quantitative estimate of drug-likeness (QED) is 0.613. The number of rotatable bonds is 8. The van der Waals surface area contributed by atoms with E-state index in [-0.39, 0.29) is 21.5 Å². The van der Waals surface area contributed by atoms with Gasteiger partial charge in [-0.3, -0.25) is 4.72 Å². The van der Waals surface area contributed by atoms with E-state index in [1.54, 1.807) is 24.4 Å². The third-order valence-electron chi connectivity index (χ3n) is 5.09. The molecule has 29 heavy (non-hydrogen) atoms. The molecule has 1 aromatic carbocycles. The summed E-state index contributed by atoms with van der Waals surface area (Å²) in [5, 5.41) is -0.513. The molecule has 1 aromatic heterocycles. The van der Waals surface area contributed by atoms with Crippen LogP contribution in [-0.4, -0.2) is 37.3 Å². The van der Waals surface area contributed by atoms with Gasteiger partial charge in [-0.15, -0.1) is 0 Å². The van der Waals surface area contributed by atoms with Crippen molar-refractivity contribution in [3.63, 3.8) is 0 Å². The Morgan fingerprint density at radius 3 is 2.34 bits per heavy atom. The van der Waals surface area contributed by atoms with Gasteiger partial charge in [0.05, 0.1) is 21.9 Å². The molecule has 1 heterocycles. The average Bonchev–Trinajstić information content (AvgIpc) is 3.47. The number of aromatic nitrogens is 2. The van der Waals surface area contributed by atoms with E-state index in [9.17, 15) is 16.8 Å². The van der Waals surface area contributed by atoms with Crippen molar-refractivity contribution in [1.82, 2.24) is 9.97 Å². The van der Waals surface area contributed by atoms with Gasteiger partial charge in [-0.05, 0) is 73.0 Å². The summed E-state index contributed by atoms with van der Waals surface area (Å²) >= 11 is 5.91. The van der Waals surface area contributed by atoms with E-state index < -0.39 is 19.9 Å². The molecule has 4 rings (SSSR count). The Kier molecular flexibility index (Phi) is 5.33. The number of anilines is 1. The fourth-order valence-corrected chi connectivity index (χ4v) is 6.48. The highest BCUT2D eigenvalue weighted by molar-refractivity contribution is 7.93. The molecule has 7 nitrogen and oxygen atoms in total. The number of hydrogen-bond acceptors (Lipinski definition) is 6. The Bertz CT molecular complexity index is 1100. The highest BCUT2D eigenvalue weighted by Crippen LogP contribution is 2.33. The Morgan fingerprint density at radius 1 is 1.03 bits per heavy atom. The topological polar surface area (TPSA) is 106 Å². The second kappa shape index (κ2) is 7.52. The summed E-state index contributed by atoms with van der Waals surface area (Å²) in [6, 6.07) is 5.14. The van der Waals surface area contributed by atoms with Gasteiger partial charge in [-0.2, -0.15) is 0 Å². The lowest BCUT2D eigenvalue weighted by molar-refractivity contribution is 0.593. The molecule has 0 aliphatic heterocycles. The molecule has 2 aromatic rings. The predicted octanol–water partition coefficient (Wildman–Crippen LogP) is 3.01. The normalized spacial score (nSPS) is 17.3. The number of hydrogen-bond donors (Lipinski definition) is 1. The number of sulfonamides is 1. The smallest absolute Gasteiger partial charge is 0.235 e. The molecule has 2 aliphatic rings. The lowest BCUT2D eigenvalue weighted by Crippen LogP contribution is -2.18. The predicted molar refractivity (Wildman–Crippen MR) is 112 cm³/mol. The van der Waals surface area contributed by atoms with Crippen LogP contribution in [0.15, 0.2) is 24.4 Å². The van der Waals surface area contributed by atoms with Gasteiger partial charge in [0.15, 0.2) is 9.84 Å². The molecule has 156 valence electrons. The zero-order valence-corrected chi connectivity index (χ0v) is 18.3. The SMILES string of the molecule is Cc1cnc(Cl)nc1Cc1cc(CS(=O)(=O)C2CC2)cc(NS(=O)(=O)C2CC2)c1. The highest BCUT2D eigenvalue weighted by atomic mass is 35.5. The summed E-state index contributed by atoms with van der Waals surface area (Å²) in [5.74, 6) is -0.104. The van der Waals surface area contributed by atoms with E-state index in [4.69, 9.17) is 11.6 Å². The highest BCUT2D eigenvalue weighted by Gasteiger charge is 2.37. The van der Waals surface area contributed by atoms with Crippen LogP contribution in [0.3, 0.4) is 0 Å². The molecular formula is C19H22ClN3O4S2. The van der Waals surface area contributed by atoms with Gasteiger partial charge >= 0.3 is 0 Å². The largest absolute Gasteiger partial charge is 0.283 e. The number of benzene rings is 1. The minimum Gasteiger partial charge on any atom is -0.283 e. The minimum atomic E-state index is -3.46. The molecule has 1 N–H and O–H groups in total. The van der Waals surface area contributed by atoms with Gasteiger partial charge in [-0.25, -0.2) is 26.8 Å². The van der Waals surface area contributed by atoms with Crippen LogP contribution in [0.25, 0.3) is 0 Å². The van der Waals surface area contributed by atoms with Gasteiger partial charge < -0.3 is 0 Å². The zero-order valence-electron chi connectivity index (χ0n) is 15.9. The van der Waals surface area contributed by atoms with Crippen LogP contribution in [0.1, 0.15) is 48.1 Å². The van der Waals surface area contributed by atoms with Crippen LogP contribution in [0, 0.1) is 6.92 Å². The molecule has 2 saturated carbocycles. The molecule has 2 aliphatic carbocycles. The van der Waals surface area contributed by atoms with Crippen molar-refractivity contribution >= 4 is 37.1 Å². The summed E-state index contributed by atoms with van der Waals surface area (Å²) < 4.78 is 52.3. The fourth-order valence-electron chi connectivity index (χ4n) is 3.24. The first kappa shape index (κ1) is 20.6. The summed E-state index contributed by atoms with van der Waals surface area (Å²) in [4.78, 5) is 8.20. The fraction of sp³-hybridized carbons (Fsp3) is 0.474. The monoisotopic (exact) mass is 455 g/mol. The molecule has 0 atom stereocenters. The maximum Gasteiger partial charge on any atom is 0.235 e. The first-order valence-corrected chi connectivity index (χ1v) is 13.1. The summed E-state index contributed by atoms with van der Waals surface area (Å²) in [5.41, 5.74) is 3.28. The molecule has 0 saturated heterocycles. The third kappa shape index (κ3) is 5.07. The standard InChI is InChI=1S/C19H22ClN3O4S2/c1-12-10-21-19(20)22-18(12)9-13-6-14(11-28(24,25)16-2-3-16)8-15(7-13)23-29(26,27)17-4-5-17/h6-8,10,16-17,23H,2-5,9,11H2,1H3. The number of nitrogens with one attached hydrogen (secondary N) is 1. The minimum absolute atomic E-state index is 0.104. The molecular weight excluding hydrogens is 434 g/mol. The van der Waals surface area contributed by atoms with Crippen molar-refractivity contribution < 1.29 is 16.8 Å². The van der Waals surface area contributed by atoms with Crippen molar-refractivity contribution in [3.8, 4) is 0 Å². The zero-order chi connectivity index (χ0) is 20.8. The second-order valence-electron chi connectivity index (χ2n) is 7.84. The molecule has 2 fully saturated rings. The number of halogens is 1. The maximum absolute atomic E-state index is 12.5. The van der Waals surface area contributed by atoms with E-state index >= 15 is 0 Å². The molecule has 0 unspecified atom stereocenters.